The lowest BCUT2D eigenvalue weighted by Gasteiger charge is -2.40. The quantitative estimate of drug-likeness (QED) is 0.465. The molecule has 4 bridgehead atoms. The van der Waals surface area contributed by atoms with E-state index in [0.717, 1.165) is 9.91 Å². The minimum Gasteiger partial charge on any atom is -0.393 e. The van der Waals surface area contributed by atoms with Gasteiger partial charge in [-0.3, -0.25) is 19.2 Å². The van der Waals surface area contributed by atoms with Crippen LogP contribution in [0.15, 0.2) is 70.9 Å². The second-order valence-corrected chi connectivity index (χ2v) is 9.50. The van der Waals surface area contributed by atoms with Crippen molar-refractivity contribution in [3.8, 4) is 0 Å². The van der Waals surface area contributed by atoms with Gasteiger partial charge in [-0.15, -0.1) is 0 Å². The lowest BCUT2D eigenvalue weighted by Crippen LogP contribution is -2.56. The van der Waals surface area contributed by atoms with Gasteiger partial charge in [0.15, 0.2) is 0 Å². The van der Waals surface area contributed by atoms with Crippen molar-refractivity contribution in [3.63, 3.8) is 0 Å². The molecule has 1 N–H and O–H groups in total. The fourth-order valence-electron chi connectivity index (χ4n) is 4.56. The number of piperidine rings is 3. The monoisotopic (exact) mass is 526 g/mol. The maximum absolute atomic E-state index is 13.4. The van der Waals surface area contributed by atoms with Gasteiger partial charge in [0.2, 0.25) is 0 Å². The fourth-order valence-corrected chi connectivity index (χ4v) is 5.01. The van der Waals surface area contributed by atoms with Crippen molar-refractivity contribution in [1.82, 2.24) is 15.0 Å². The highest BCUT2D eigenvalue weighted by atomic mass is 35.5. The summed E-state index contributed by atoms with van der Waals surface area (Å²) in [4.78, 5) is 58.2. The van der Waals surface area contributed by atoms with Crippen molar-refractivity contribution < 1.29 is 24.3 Å². The largest absolute Gasteiger partial charge is 0.393 e. The number of aromatic nitrogens is 1. The fraction of sp³-hybridized carbons (Fsp3) is 0.240. The van der Waals surface area contributed by atoms with E-state index in [1.54, 1.807) is 5.01 Å². The van der Waals surface area contributed by atoms with E-state index in [9.17, 15) is 24.3 Å². The number of anilines is 1. The molecule has 4 heterocycles. The van der Waals surface area contributed by atoms with Gasteiger partial charge in [-0.1, -0.05) is 41.9 Å². The summed E-state index contributed by atoms with van der Waals surface area (Å²) in [6.07, 6.45) is 6.21. The molecule has 1 aliphatic carbocycles. The minimum atomic E-state index is -0.594. The van der Waals surface area contributed by atoms with Crippen molar-refractivity contribution in [2.75, 3.05) is 18.0 Å². The molecule has 4 amide bonds. The van der Waals surface area contributed by atoms with Crippen LogP contribution in [0.2, 0.25) is 10.3 Å². The third-order valence-corrected chi connectivity index (χ3v) is 6.85. The first-order valence-electron chi connectivity index (χ1n) is 11.2. The molecule has 0 unspecified atom stereocenters. The molecule has 0 radical (unpaired) electrons. The van der Waals surface area contributed by atoms with Gasteiger partial charge in [0.05, 0.1) is 11.8 Å². The number of carbonyl (C=O) groups is 4. The van der Waals surface area contributed by atoms with Gasteiger partial charge < -0.3 is 5.11 Å². The number of halogens is 2. The van der Waals surface area contributed by atoms with Crippen LogP contribution in [0.25, 0.3) is 0 Å². The van der Waals surface area contributed by atoms with Gasteiger partial charge in [0.25, 0.3) is 23.6 Å². The van der Waals surface area contributed by atoms with Gasteiger partial charge in [0.1, 0.15) is 10.3 Å². The molecule has 184 valence electrons. The molecule has 1 aromatic rings. The highest BCUT2D eigenvalue weighted by molar-refractivity contribution is 6.34. The first kappa shape index (κ1) is 24.3. The molecule has 0 spiro atoms. The van der Waals surface area contributed by atoms with Crippen molar-refractivity contribution in [3.05, 3.63) is 81.2 Å². The van der Waals surface area contributed by atoms with Crippen LogP contribution in [0.4, 0.5) is 5.69 Å². The number of allylic oxidation sites excluding steroid dienone is 4. The van der Waals surface area contributed by atoms with Crippen LogP contribution in [-0.4, -0.2) is 62.9 Å². The number of amides is 4. The summed E-state index contributed by atoms with van der Waals surface area (Å²) in [7, 11) is 0. The predicted octanol–water partition coefficient (Wildman–Crippen LogP) is 2.67. The number of aliphatic hydroxyl groups excluding tert-OH is 1. The highest BCUT2D eigenvalue weighted by Crippen LogP contribution is 2.35. The molecule has 36 heavy (non-hydrogen) atoms. The number of fused-ring (bicyclic) bond motifs is 4. The molecule has 3 fully saturated rings. The summed E-state index contributed by atoms with van der Waals surface area (Å²) in [5, 5.41) is 12.5. The summed E-state index contributed by atoms with van der Waals surface area (Å²) in [6.45, 7) is 4.60. The summed E-state index contributed by atoms with van der Waals surface area (Å²) in [5.41, 5.74) is 1.17. The Kier molecular flexibility index (Phi) is 6.25. The molecule has 0 saturated carbocycles. The number of imide groups is 2. The molecular formula is C25H20Cl2N4O5. The molecule has 9 nitrogen and oxygen atoms in total. The van der Waals surface area contributed by atoms with E-state index in [0.29, 0.717) is 25.9 Å². The second kappa shape index (κ2) is 9.25. The molecule has 0 atom stereocenters. The van der Waals surface area contributed by atoms with Crippen LogP contribution in [0.3, 0.4) is 0 Å². The molecule has 3 saturated heterocycles. The minimum absolute atomic E-state index is 0.0108. The Hall–Kier alpha value is -3.37. The van der Waals surface area contributed by atoms with Gasteiger partial charge in [-0.2, -0.15) is 0 Å². The Morgan fingerprint density at radius 3 is 1.83 bits per heavy atom. The van der Waals surface area contributed by atoms with Gasteiger partial charge >= 0.3 is 0 Å². The van der Waals surface area contributed by atoms with Crippen molar-refractivity contribution in [2.24, 2.45) is 0 Å². The zero-order valence-electron chi connectivity index (χ0n) is 18.9. The van der Waals surface area contributed by atoms with Crippen LogP contribution in [0.1, 0.15) is 19.3 Å². The number of aliphatic hydroxyl groups is 1. The summed E-state index contributed by atoms with van der Waals surface area (Å²) in [5.74, 6) is -2.32. The first-order valence-corrected chi connectivity index (χ1v) is 12.0. The molecule has 3 aliphatic heterocycles. The highest BCUT2D eigenvalue weighted by Gasteiger charge is 2.41. The molecule has 5 rings (SSSR count). The average molecular weight is 527 g/mol. The maximum Gasteiger partial charge on any atom is 0.276 e. The van der Waals surface area contributed by atoms with E-state index in [2.05, 4.69) is 11.6 Å². The van der Waals surface area contributed by atoms with Gasteiger partial charge in [0, 0.05) is 41.8 Å². The Morgan fingerprint density at radius 2 is 1.33 bits per heavy atom. The Bertz CT molecular complexity index is 1280. The van der Waals surface area contributed by atoms with E-state index in [4.69, 9.17) is 23.2 Å². The van der Waals surface area contributed by atoms with E-state index >= 15 is 0 Å². The Balaban J connectivity index is 1.60. The SMILES string of the molecule is C=C1C2=C/C=C3\C/C(=C\C=C/1C(=O)N(N1CCC(O)CC1)C2=O)C(=O)N(c1cc(Cl)nc(Cl)c1)C3=O. The molecule has 0 aromatic carbocycles. The third kappa shape index (κ3) is 4.14. The van der Waals surface area contributed by atoms with Crippen LogP contribution < -0.4 is 4.90 Å². The molecular weight excluding hydrogens is 507 g/mol. The summed E-state index contributed by atoms with van der Waals surface area (Å²) < 4.78 is 0. The smallest absolute Gasteiger partial charge is 0.276 e. The molecule has 11 heteroatoms. The van der Waals surface area contributed by atoms with Crippen LogP contribution >= 0.6 is 23.2 Å². The average Bonchev–Trinajstić information content (AvgIpc) is 2.81. The van der Waals surface area contributed by atoms with E-state index in [1.807, 2.05) is 0 Å². The van der Waals surface area contributed by atoms with Gasteiger partial charge in [-0.25, -0.2) is 19.9 Å². The normalized spacial score (nSPS) is 26.1. The number of pyridine rings is 1. The van der Waals surface area contributed by atoms with Gasteiger partial charge in [-0.05, 0) is 42.7 Å². The number of hydrogen-bond acceptors (Lipinski definition) is 7. The number of carbonyl (C=O) groups excluding carboxylic acids is 4. The van der Waals surface area contributed by atoms with Crippen molar-refractivity contribution in [1.29, 1.82) is 0 Å². The van der Waals surface area contributed by atoms with E-state index < -0.39 is 29.7 Å². The Labute approximate surface area is 216 Å². The number of rotatable bonds is 2. The lowest BCUT2D eigenvalue weighted by molar-refractivity contribution is -0.163. The number of nitrogens with zero attached hydrogens (tertiary/aromatic N) is 4. The third-order valence-electron chi connectivity index (χ3n) is 6.46. The molecule has 1 aromatic heterocycles. The van der Waals surface area contributed by atoms with Crippen LogP contribution in [0.5, 0.6) is 0 Å². The maximum atomic E-state index is 13.4. The van der Waals surface area contributed by atoms with E-state index in [1.165, 1.54) is 36.4 Å². The standard InChI is InChI=1S/C25H20Cl2N4O5/c1-13-18-4-2-14-10-15(23(34)30(22(14)33)16-11-20(26)28-21(27)12-16)3-5-19(13)25(36)31(24(18)35)29-8-6-17(32)7-9-29/h2-5,11-12,17,32H,1,6-10H2/b14-2+,15-3+,18-4+,19-5?. The molecule has 4 aliphatic rings. The Morgan fingerprint density at radius 1 is 0.833 bits per heavy atom. The van der Waals surface area contributed by atoms with Crippen molar-refractivity contribution >= 4 is 52.5 Å². The number of hydrogen-bond donors (Lipinski definition) is 1. The van der Waals surface area contributed by atoms with Crippen LogP contribution in [-0.2, 0) is 19.2 Å². The van der Waals surface area contributed by atoms with Crippen LogP contribution in [0, 0.1) is 0 Å². The zero-order chi connectivity index (χ0) is 25.7. The first-order chi connectivity index (χ1) is 17.2. The predicted molar refractivity (Wildman–Crippen MR) is 132 cm³/mol. The summed E-state index contributed by atoms with van der Waals surface area (Å²) in [6, 6.07) is 2.70. The van der Waals surface area contributed by atoms with Crippen molar-refractivity contribution in [2.45, 2.75) is 25.4 Å². The summed E-state index contributed by atoms with van der Waals surface area (Å²) >= 11 is 12.0. The van der Waals surface area contributed by atoms with E-state index in [-0.39, 0.29) is 50.3 Å². The lowest BCUT2D eigenvalue weighted by atomic mass is 9.89. The second-order valence-electron chi connectivity index (χ2n) is 8.72. The number of hydrazine groups is 1. The zero-order valence-corrected chi connectivity index (χ0v) is 20.4. The topological polar surface area (TPSA) is 111 Å².